The number of ether oxygens (including phenoxy) is 2. The number of hydrogen-bond donors (Lipinski definition) is 0. The van der Waals surface area contributed by atoms with Gasteiger partial charge in [0.1, 0.15) is 0 Å². The molecule has 0 bridgehead atoms. The molecule has 1 unspecified atom stereocenters. The van der Waals surface area contributed by atoms with Gasteiger partial charge in [-0.25, -0.2) is 0 Å². The fourth-order valence-corrected chi connectivity index (χ4v) is 3.65. The highest BCUT2D eigenvalue weighted by molar-refractivity contribution is 5.79. The van der Waals surface area contributed by atoms with Gasteiger partial charge in [-0.2, -0.15) is 0 Å². The second kappa shape index (κ2) is 9.94. The number of hydrogen-bond acceptors (Lipinski definition) is 4. The summed E-state index contributed by atoms with van der Waals surface area (Å²) in [6.45, 7) is 2.79. The molecule has 23 heavy (non-hydrogen) atoms. The first kappa shape index (κ1) is 18.3. The third kappa shape index (κ3) is 6.92. The van der Waals surface area contributed by atoms with E-state index in [1.807, 2.05) is 0 Å². The van der Waals surface area contributed by atoms with E-state index in [2.05, 4.69) is 0 Å². The van der Waals surface area contributed by atoms with Crippen molar-refractivity contribution in [2.75, 3.05) is 13.2 Å². The van der Waals surface area contributed by atoms with Crippen LogP contribution < -0.4 is 0 Å². The molecule has 0 aromatic heterocycles. The number of carbonyl (C=O) groups excluding carboxylic acids is 2. The lowest BCUT2D eigenvalue weighted by Crippen LogP contribution is -2.24. The van der Waals surface area contributed by atoms with E-state index >= 15 is 0 Å². The zero-order valence-electron chi connectivity index (χ0n) is 14.6. The smallest absolute Gasteiger partial charge is 0.309 e. The van der Waals surface area contributed by atoms with Crippen LogP contribution >= 0.6 is 0 Å². The molecule has 0 amide bonds. The van der Waals surface area contributed by atoms with Gasteiger partial charge in [-0.1, -0.05) is 45.4 Å². The fourth-order valence-electron chi connectivity index (χ4n) is 3.65. The average Bonchev–Trinajstić information content (AvgIpc) is 2.59. The van der Waals surface area contributed by atoms with Gasteiger partial charge in [0, 0.05) is 0 Å². The second-order valence-corrected chi connectivity index (χ2v) is 7.43. The van der Waals surface area contributed by atoms with Gasteiger partial charge in [-0.05, 0) is 37.5 Å². The van der Waals surface area contributed by atoms with Crippen LogP contribution in [-0.4, -0.2) is 25.2 Å². The minimum atomic E-state index is -0.405. The molecular weight excluding hydrogens is 292 g/mol. The normalized spacial score (nSPS) is 21.6. The summed E-state index contributed by atoms with van der Waals surface area (Å²) in [4.78, 5) is 23.9. The van der Waals surface area contributed by atoms with E-state index in [1.54, 1.807) is 6.92 Å². The predicted molar refractivity (Wildman–Crippen MR) is 88.8 cm³/mol. The first-order valence-corrected chi connectivity index (χ1v) is 9.47. The van der Waals surface area contributed by atoms with Crippen molar-refractivity contribution in [1.82, 2.24) is 0 Å². The van der Waals surface area contributed by atoms with E-state index in [-0.39, 0.29) is 18.4 Å². The zero-order chi connectivity index (χ0) is 16.5. The summed E-state index contributed by atoms with van der Waals surface area (Å²) in [5.41, 5.74) is 0. The van der Waals surface area contributed by atoms with Crippen molar-refractivity contribution in [2.24, 2.45) is 17.8 Å². The van der Waals surface area contributed by atoms with Crippen molar-refractivity contribution < 1.29 is 19.1 Å². The summed E-state index contributed by atoms with van der Waals surface area (Å²) in [6, 6.07) is 0. The summed E-state index contributed by atoms with van der Waals surface area (Å²) in [7, 11) is 0. The molecule has 2 aliphatic rings. The van der Waals surface area contributed by atoms with Crippen LogP contribution in [0.15, 0.2) is 0 Å². The Kier molecular flexibility index (Phi) is 7.90. The molecule has 0 spiro atoms. The molecule has 1 atom stereocenters. The standard InChI is InChI=1S/C19H32O4/c1-15(19(21)23-14-17-10-6-3-7-11-17)12-18(20)22-13-16-8-4-2-5-9-16/h15-17H,2-14H2,1H3. The minimum Gasteiger partial charge on any atom is -0.465 e. The van der Waals surface area contributed by atoms with Crippen LogP contribution in [-0.2, 0) is 19.1 Å². The maximum atomic E-state index is 12.0. The van der Waals surface area contributed by atoms with Crippen molar-refractivity contribution in [3.8, 4) is 0 Å². The van der Waals surface area contributed by atoms with E-state index in [0.717, 1.165) is 25.7 Å². The maximum absolute atomic E-state index is 12.0. The third-order valence-electron chi connectivity index (χ3n) is 5.27. The van der Waals surface area contributed by atoms with Crippen molar-refractivity contribution in [2.45, 2.75) is 77.6 Å². The van der Waals surface area contributed by atoms with Crippen molar-refractivity contribution in [3.05, 3.63) is 0 Å². The monoisotopic (exact) mass is 324 g/mol. The Morgan fingerprint density at radius 3 is 1.83 bits per heavy atom. The molecule has 2 rings (SSSR count). The molecule has 2 fully saturated rings. The summed E-state index contributed by atoms with van der Waals surface area (Å²) in [5.74, 6) is 0.0970. The topological polar surface area (TPSA) is 52.6 Å². The minimum absolute atomic E-state index is 0.135. The Hall–Kier alpha value is -1.06. The van der Waals surface area contributed by atoms with Gasteiger partial charge in [0.15, 0.2) is 0 Å². The average molecular weight is 324 g/mol. The van der Waals surface area contributed by atoms with Gasteiger partial charge >= 0.3 is 11.9 Å². The first-order chi connectivity index (χ1) is 11.1. The van der Waals surface area contributed by atoms with Gasteiger partial charge in [0.25, 0.3) is 0 Å². The molecule has 0 aliphatic heterocycles. The molecule has 0 aromatic rings. The van der Waals surface area contributed by atoms with Gasteiger partial charge in [0.2, 0.25) is 0 Å². The van der Waals surface area contributed by atoms with Crippen LogP contribution in [0.1, 0.15) is 77.6 Å². The predicted octanol–water partition coefficient (Wildman–Crippen LogP) is 4.26. The highest BCUT2D eigenvalue weighted by atomic mass is 16.5. The fraction of sp³-hybridized carbons (Fsp3) is 0.895. The Labute approximate surface area is 140 Å². The van der Waals surface area contributed by atoms with E-state index in [0.29, 0.717) is 25.0 Å². The SMILES string of the molecule is CC(CC(=O)OCC1CCCCC1)C(=O)OCC1CCCCC1. The van der Waals surface area contributed by atoms with Crippen LogP contribution in [0.25, 0.3) is 0 Å². The highest BCUT2D eigenvalue weighted by Crippen LogP contribution is 2.25. The van der Waals surface area contributed by atoms with Crippen molar-refractivity contribution in [1.29, 1.82) is 0 Å². The molecule has 132 valence electrons. The van der Waals surface area contributed by atoms with Gasteiger partial charge in [0.05, 0.1) is 25.6 Å². The Balaban J connectivity index is 1.58. The zero-order valence-corrected chi connectivity index (χ0v) is 14.6. The highest BCUT2D eigenvalue weighted by Gasteiger charge is 2.23. The molecule has 4 nitrogen and oxygen atoms in total. The van der Waals surface area contributed by atoms with E-state index in [9.17, 15) is 9.59 Å². The lowest BCUT2D eigenvalue weighted by Gasteiger charge is -2.22. The van der Waals surface area contributed by atoms with Crippen molar-refractivity contribution >= 4 is 11.9 Å². The Bertz CT molecular complexity index is 368. The van der Waals surface area contributed by atoms with Crippen LogP contribution in [0, 0.1) is 17.8 Å². The molecular formula is C19H32O4. The summed E-state index contributed by atoms with van der Waals surface area (Å²) in [6.07, 6.45) is 12.3. The molecule has 0 saturated heterocycles. The summed E-state index contributed by atoms with van der Waals surface area (Å²) >= 11 is 0. The first-order valence-electron chi connectivity index (χ1n) is 9.47. The molecule has 0 radical (unpaired) electrons. The Morgan fingerprint density at radius 1 is 0.826 bits per heavy atom. The van der Waals surface area contributed by atoms with Crippen LogP contribution in [0.5, 0.6) is 0 Å². The van der Waals surface area contributed by atoms with Gasteiger partial charge < -0.3 is 9.47 Å². The molecule has 0 aromatic carbocycles. The third-order valence-corrected chi connectivity index (χ3v) is 5.27. The van der Waals surface area contributed by atoms with Crippen LogP contribution in [0.4, 0.5) is 0 Å². The van der Waals surface area contributed by atoms with Gasteiger partial charge in [-0.15, -0.1) is 0 Å². The van der Waals surface area contributed by atoms with Gasteiger partial charge in [-0.3, -0.25) is 9.59 Å². The lowest BCUT2D eigenvalue weighted by atomic mass is 9.90. The number of esters is 2. The molecule has 0 heterocycles. The number of carbonyl (C=O) groups is 2. The maximum Gasteiger partial charge on any atom is 0.309 e. The van der Waals surface area contributed by atoms with Crippen LogP contribution in [0.3, 0.4) is 0 Å². The summed E-state index contributed by atoms with van der Waals surface area (Å²) < 4.78 is 10.7. The van der Waals surface area contributed by atoms with E-state index in [1.165, 1.54) is 38.5 Å². The second-order valence-electron chi connectivity index (χ2n) is 7.43. The molecule has 2 aliphatic carbocycles. The molecule has 4 heteroatoms. The van der Waals surface area contributed by atoms with Crippen molar-refractivity contribution in [3.63, 3.8) is 0 Å². The quantitative estimate of drug-likeness (QED) is 0.657. The largest absolute Gasteiger partial charge is 0.465 e. The molecule has 2 saturated carbocycles. The van der Waals surface area contributed by atoms with Crippen LogP contribution in [0.2, 0.25) is 0 Å². The van der Waals surface area contributed by atoms with E-state index in [4.69, 9.17) is 9.47 Å². The van der Waals surface area contributed by atoms with E-state index < -0.39 is 5.92 Å². The molecule has 0 N–H and O–H groups in total. The lowest BCUT2D eigenvalue weighted by molar-refractivity contribution is -0.156. The Morgan fingerprint density at radius 2 is 1.30 bits per heavy atom. The summed E-state index contributed by atoms with van der Waals surface area (Å²) in [5, 5.41) is 0. The number of rotatable bonds is 7.